The number of carbonyl (C=O) groups is 1. The zero-order chi connectivity index (χ0) is 19.6. The Hall–Kier alpha value is -2.22. The number of anilines is 1. The molecule has 1 amide bonds. The summed E-state index contributed by atoms with van der Waals surface area (Å²) in [6.45, 7) is -0.0979. The average Bonchev–Trinajstić information content (AvgIpc) is 2.86. The lowest BCUT2D eigenvalue weighted by Crippen LogP contribution is -2.20. The molecule has 0 aliphatic rings. The third-order valence-corrected chi connectivity index (χ3v) is 5.37. The van der Waals surface area contributed by atoms with Crippen molar-refractivity contribution in [2.24, 2.45) is 7.05 Å². The molecule has 9 heteroatoms. The molecule has 140 valence electrons. The van der Waals surface area contributed by atoms with Crippen LogP contribution in [0.5, 0.6) is 0 Å². The normalized spacial score (nSPS) is 10.7. The quantitative estimate of drug-likeness (QED) is 0.583. The fourth-order valence-electron chi connectivity index (χ4n) is 2.49. The lowest BCUT2D eigenvalue weighted by Gasteiger charge is -2.11. The van der Waals surface area contributed by atoms with Crippen molar-refractivity contribution < 1.29 is 9.53 Å². The van der Waals surface area contributed by atoms with Gasteiger partial charge in [-0.2, -0.15) is 0 Å². The van der Waals surface area contributed by atoms with Crippen molar-refractivity contribution in [2.45, 2.75) is 6.61 Å². The maximum absolute atomic E-state index is 12.5. The largest absolute Gasteiger partial charge is 0.443 e. The smallest absolute Gasteiger partial charge is 0.412 e. The van der Waals surface area contributed by atoms with Gasteiger partial charge in [-0.15, -0.1) is 0 Å². The molecular formula is C18H14BrCl2N3O3. The van der Waals surface area contributed by atoms with E-state index in [9.17, 15) is 9.59 Å². The van der Waals surface area contributed by atoms with E-state index in [1.54, 1.807) is 23.9 Å². The molecule has 0 aliphatic heterocycles. The molecule has 0 fully saturated rings. The summed E-state index contributed by atoms with van der Waals surface area (Å²) in [5.74, 6) is 0. The van der Waals surface area contributed by atoms with Crippen molar-refractivity contribution in [3.05, 3.63) is 79.1 Å². The van der Waals surface area contributed by atoms with Crippen LogP contribution in [-0.4, -0.2) is 15.5 Å². The number of hydrogen-bond donors (Lipinski definition) is 1. The lowest BCUT2D eigenvalue weighted by atomic mass is 10.3. The molecule has 0 spiro atoms. The van der Waals surface area contributed by atoms with Crippen LogP contribution in [0.3, 0.4) is 0 Å². The van der Waals surface area contributed by atoms with E-state index in [1.807, 2.05) is 30.3 Å². The number of rotatable bonds is 4. The first kappa shape index (κ1) is 19.5. The van der Waals surface area contributed by atoms with Gasteiger partial charge in [0.05, 0.1) is 21.4 Å². The van der Waals surface area contributed by atoms with Crippen molar-refractivity contribution in [3.8, 4) is 5.69 Å². The van der Waals surface area contributed by atoms with Crippen LogP contribution < -0.4 is 10.9 Å². The first-order valence-corrected chi connectivity index (χ1v) is 9.34. The second kappa shape index (κ2) is 8.21. The molecule has 27 heavy (non-hydrogen) atoms. The molecule has 0 unspecified atom stereocenters. The minimum atomic E-state index is -0.680. The van der Waals surface area contributed by atoms with Crippen molar-refractivity contribution in [1.29, 1.82) is 0 Å². The van der Waals surface area contributed by atoms with Gasteiger partial charge in [-0.3, -0.25) is 14.8 Å². The van der Waals surface area contributed by atoms with E-state index >= 15 is 0 Å². The first-order chi connectivity index (χ1) is 12.9. The van der Waals surface area contributed by atoms with Gasteiger partial charge in [-0.25, -0.2) is 9.48 Å². The highest BCUT2D eigenvalue weighted by Crippen LogP contribution is 2.25. The number of nitrogens with zero attached hydrogens (tertiary/aromatic N) is 2. The number of para-hydroxylation sites is 1. The van der Waals surface area contributed by atoms with E-state index in [2.05, 4.69) is 21.2 Å². The van der Waals surface area contributed by atoms with Crippen LogP contribution in [0.25, 0.3) is 5.69 Å². The Kier molecular flexibility index (Phi) is 5.94. The summed E-state index contributed by atoms with van der Waals surface area (Å²) in [6, 6.07) is 13.9. The van der Waals surface area contributed by atoms with Gasteiger partial charge in [0.2, 0.25) is 0 Å². The van der Waals surface area contributed by atoms with Gasteiger partial charge in [-0.1, -0.05) is 41.4 Å². The van der Waals surface area contributed by atoms with Crippen LogP contribution in [0, 0.1) is 0 Å². The van der Waals surface area contributed by atoms with Crippen LogP contribution >= 0.6 is 39.1 Å². The van der Waals surface area contributed by atoms with Crippen LogP contribution in [0.4, 0.5) is 10.5 Å². The summed E-state index contributed by atoms with van der Waals surface area (Å²) in [7, 11) is 1.72. The number of ether oxygens (including phenoxy) is 1. The van der Waals surface area contributed by atoms with Gasteiger partial charge >= 0.3 is 6.09 Å². The number of hydrogen-bond acceptors (Lipinski definition) is 3. The summed E-state index contributed by atoms with van der Waals surface area (Å²) >= 11 is 15.0. The summed E-state index contributed by atoms with van der Waals surface area (Å²) < 4.78 is 8.69. The summed E-state index contributed by atoms with van der Waals surface area (Å²) in [6.07, 6.45) is -0.680. The molecule has 0 atom stereocenters. The Balaban J connectivity index is 1.75. The fraction of sp³-hybridized carbons (Fsp3) is 0.111. The van der Waals surface area contributed by atoms with E-state index in [0.29, 0.717) is 31.6 Å². The van der Waals surface area contributed by atoms with Gasteiger partial charge < -0.3 is 4.74 Å². The van der Waals surface area contributed by atoms with Crippen molar-refractivity contribution in [1.82, 2.24) is 9.36 Å². The van der Waals surface area contributed by atoms with Crippen LogP contribution in [0.1, 0.15) is 5.69 Å². The molecule has 2 aromatic carbocycles. The standard InChI is InChI=1S/C18H14BrCl2N3O3/c1-23-15(16(19)17(25)24(23)12-5-3-2-4-6-12)10-27-18(26)22-11-7-8-13(20)14(21)9-11/h2-9H,10H2,1H3,(H,22,26). The summed E-state index contributed by atoms with van der Waals surface area (Å²) in [5.41, 5.74) is 1.43. The van der Waals surface area contributed by atoms with Crippen molar-refractivity contribution in [2.75, 3.05) is 5.32 Å². The highest BCUT2D eigenvalue weighted by atomic mass is 79.9. The number of amides is 1. The summed E-state index contributed by atoms with van der Waals surface area (Å²) in [5, 5.41) is 3.26. The van der Waals surface area contributed by atoms with Gasteiger partial charge in [0, 0.05) is 12.7 Å². The second-order valence-corrected chi connectivity index (χ2v) is 7.17. The lowest BCUT2D eigenvalue weighted by molar-refractivity contribution is 0.151. The van der Waals surface area contributed by atoms with Gasteiger partial charge in [0.25, 0.3) is 5.56 Å². The Labute approximate surface area is 173 Å². The monoisotopic (exact) mass is 469 g/mol. The van der Waals surface area contributed by atoms with E-state index in [0.717, 1.165) is 0 Å². The Bertz CT molecular complexity index is 1050. The predicted molar refractivity (Wildman–Crippen MR) is 109 cm³/mol. The topological polar surface area (TPSA) is 65.3 Å². The molecular weight excluding hydrogens is 457 g/mol. The third kappa shape index (κ3) is 4.21. The van der Waals surface area contributed by atoms with Gasteiger partial charge in [0.1, 0.15) is 11.1 Å². The van der Waals surface area contributed by atoms with Crippen molar-refractivity contribution in [3.63, 3.8) is 0 Å². The molecule has 1 heterocycles. The molecule has 0 saturated heterocycles. The number of benzene rings is 2. The van der Waals surface area contributed by atoms with E-state index in [1.165, 1.54) is 10.7 Å². The molecule has 1 N–H and O–H groups in total. The third-order valence-electron chi connectivity index (χ3n) is 3.83. The number of carbonyl (C=O) groups excluding carboxylic acids is 1. The Morgan fingerprint density at radius 3 is 2.52 bits per heavy atom. The maximum Gasteiger partial charge on any atom is 0.412 e. The van der Waals surface area contributed by atoms with E-state index in [4.69, 9.17) is 27.9 Å². The van der Waals surface area contributed by atoms with Crippen LogP contribution in [-0.2, 0) is 18.4 Å². The molecule has 1 aromatic heterocycles. The molecule has 0 saturated carbocycles. The Morgan fingerprint density at radius 2 is 1.85 bits per heavy atom. The SMILES string of the molecule is Cn1c(COC(=O)Nc2ccc(Cl)c(Cl)c2)c(Br)c(=O)n1-c1ccccc1. The highest BCUT2D eigenvalue weighted by molar-refractivity contribution is 9.10. The number of halogens is 3. The molecule has 6 nitrogen and oxygen atoms in total. The van der Waals surface area contributed by atoms with Crippen LogP contribution in [0.2, 0.25) is 10.0 Å². The summed E-state index contributed by atoms with van der Waals surface area (Å²) in [4.78, 5) is 24.6. The molecule has 3 aromatic rings. The van der Waals surface area contributed by atoms with Crippen LogP contribution in [0.15, 0.2) is 57.8 Å². The number of nitrogens with one attached hydrogen (secondary N) is 1. The Morgan fingerprint density at radius 1 is 1.15 bits per heavy atom. The molecule has 3 rings (SSSR count). The maximum atomic E-state index is 12.5. The minimum absolute atomic E-state index is 0.0979. The van der Waals surface area contributed by atoms with E-state index in [-0.39, 0.29) is 12.2 Å². The van der Waals surface area contributed by atoms with E-state index < -0.39 is 6.09 Å². The molecule has 0 bridgehead atoms. The predicted octanol–water partition coefficient (Wildman–Crippen LogP) is 4.99. The molecule has 0 radical (unpaired) electrons. The first-order valence-electron chi connectivity index (χ1n) is 7.79. The average molecular weight is 471 g/mol. The fourth-order valence-corrected chi connectivity index (χ4v) is 3.33. The highest BCUT2D eigenvalue weighted by Gasteiger charge is 2.18. The van der Waals surface area contributed by atoms with Gasteiger partial charge in [-0.05, 0) is 46.3 Å². The zero-order valence-electron chi connectivity index (χ0n) is 14.1. The van der Waals surface area contributed by atoms with Gasteiger partial charge in [0.15, 0.2) is 0 Å². The van der Waals surface area contributed by atoms with Crippen molar-refractivity contribution >= 4 is 50.9 Å². The second-order valence-electron chi connectivity index (χ2n) is 5.57. The zero-order valence-corrected chi connectivity index (χ0v) is 17.2. The number of aromatic nitrogens is 2. The minimum Gasteiger partial charge on any atom is -0.443 e. The molecule has 0 aliphatic carbocycles.